The number of nitrogens with one attached hydrogen (secondary N) is 1. The van der Waals surface area contributed by atoms with E-state index in [0.29, 0.717) is 27.9 Å². The molecule has 3 rings (SSSR count). The Bertz CT molecular complexity index is 535. The number of ether oxygens (including phenoxy) is 1. The van der Waals surface area contributed by atoms with Crippen molar-refractivity contribution in [2.45, 2.75) is 43.8 Å². The number of benzene rings is 1. The Morgan fingerprint density at radius 2 is 1.86 bits per heavy atom. The molecule has 2 unspecified atom stereocenters. The molecule has 2 saturated heterocycles. The molecule has 2 bridgehead atoms. The van der Waals surface area contributed by atoms with Gasteiger partial charge in [-0.2, -0.15) is 0 Å². The number of nitrogens with zero attached hydrogens (tertiary/aromatic N) is 1. The molecule has 1 aromatic carbocycles. The number of hydrogen-bond acceptors (Lipinski definition) is 3. The zero-order valence-electron chi connectivity index (χ0n) is 12.5. The average Bonchev–Trinajstić information content (AvgIpc) is 2.84. The van der Waals surface area contributed by atoms with Crippen LogP contribution >= 0.6 is 23.2 Å². The minimum Gasteiger partial charge on any atom is -0.481 e. The molecule has 1 amide bonds. The van der Waals surface area contributed by atoms with Crippen LogP contribution < -0.4 is 10.1 Å². The number of carbonyl (C=O) groups is 1. The summed E-state index contributed by atoms with van der Waals surface area (Å²) in [6, 6.07) is 6.53. The van der Waals surface area contributed by atoms with E-state index in [0.717, 1.165) is 12.8 Å². The molecule has 120 valence electrons. The van der Waals surface area contributed by atoms with Crippen LogP contribution in [0.15, 0.2) is 18.2 Å². The average molecular weight is 343 g/mol. The maximum absolute atomic E-state index is 12.4. The topological polar surface area (TPSA) is 41.6 Å². The molecular formula is C16H20Cl2N2O2. The van der Waals surface area contributed by atoms with E-state index in [9.17, 15) is 4.79 Å². The largest absolute Gasteiger partial charge is 0.481 e. The number of piperidine rings is 1. The molecule has 22 heavy (non-hydrogen) atoms. The molecule has 0 aliphatic carbocycles. The minimum atomic E-state index is -0.0424. The van der Waals surface area contributed by atoms with Crippen LogP contribution in [0.3, 0.4) is 0 Å². The summed E-state index contributed by atoms with van der Waals surface area (Å²) >= 11 is 12.1. The Morgan fingerprint density at radius 3 is 2.45 bits per heavy atom. The van der Waals surface area contributed by atoms with Crippen LogP contribution in [0.25, 0.3) is 0 Å². The minimum absolute atomic E-state index is 0.0395. The van der Waals surface area contributed by atoms with Gasteiger partial charge in [-0.3, -0.25) is 4.79 Å². The van der Waals surface area contributed by atoms with Gasteiger partial charge in [-0.1, -0.05) is 29.3 Å². The van der Waals surface area contributed by atoms with Crippen LogP contribution in [0.2, 0.25) is 10.0 Å². The first-order valence-corrected chi connectivity index (χ1v) is 8.38. The predicted octanol–water partition coefficient (Wildman–Crippen LogP) is 3.11. The second-order valence-electron chi connectivity index (χ2n) is 6.11. The lowest BCUT2D eigenvalue weighted by molar-refractivity contribution is -0.134. The summed E-state index contributed by atoms with van der Waals surface area (Å²) in [6.07, 6.45) is 4.47. The highest BCUT2D eigenvalue weighted by atomic mass is 35.5. The third-order valence-electron chi connectivity index (χ3n) is 4.65. The van der Waals surface area contributed by atoms with Gasteiger partial charge in [0.05, 0.1) is 10.0 Å². The first-order chi connectivity index (χ1) is 10.5. The Kier molecular flexibility index (Phi) is 4.81. The van der Waals surface area contributed by atoms with Gasteiger partial charge in [0.1, 0.15) is 0 Å². The van der Waals surface area contributed by atoms with E-state index in [1.807, 2.05) is 11.9 Å². The van der Waals surface area contributed by atoms with Crippen molar-refractivity contribution < 1.29 is 9.53 Å². The number of fused-ring (bicyclic) bond motifs is 2. The van der Waals surface area contributed by atoms with Gasteiger partial charge in [0, 0.05) is 25.2 Å². The van der Waals surface area contributed by atoms with E-state index < -0.39 is 0 Å². The van der Waals surface area contributed by atoms with Crippen LogP contribution in [0.1, 0.15) is 25.7 Å². The first-order valence-electron chi connectivity index (χ1n) is 7.63. The van der Waals surface area contributed by atoms with Crippen molar-refractivity contribution in [3.8, 4) is 5.75 Å². The predicted molar refractivity (Wildman–Crippen MR) is 87.7 cm³/mol. The third-order valence-corrected chi connectivity index (χ3v) is 5.24. The Labute approximate surface area is 140 Å². The summed E-state index contributed by atoms with van der Waals surface area (Å²) in [5.41, 5.74) is 0. The summed E-state index contributed by atoms with van der Waals surface area (Å²) in [4.78, 5) is 14.2. The number of hydrogen-bond donors (Lipinski definition) is 1. The van der Waals surface area contributed by atoms with Gasteiger partial charge in [-0.15, -0.1) is 0 Å². The summed E-state index contributed by atoms with van der Waals surface area (Å²) in [5, 5.41) is 4.42. The van der Waals surface area contributed by atoms with Crippen molar-refractivity contribution in [1.82, 2.24) is 10.2 Å². The first kappa shape index (κ1) is 15.9. The van der Waals surface area contributed by atoms with Gasteiger partial charge in [0.25, 0.3) is 5.91 Å². The lowest BCUT2D eigenvalue weighted by Gasteiger charge is -2.35. The lowest BCUT2D eigenvalue weighted by Crippen LogP contribution is -2.49. The van der Waals surface area contributed by atoms with Crippen LogP contribution in [0.5, 0.6) is 5.75 Å². The molecule has 0 aromatic heterocycles. The highest BCUT2D eigenvalue weighted by Gasteiger charge is 2.36. The molecule has 6 heteroatoms. The molecule has 2 heterocycles. The molecule has 4 nitrogen and oxygen atoms in total. The smallest absolute Gasteiger partial charge is 0.260 e. The summed E-state index contributed by atoms with van der Waals surface area (Å²) in [7, 11) is 1.86. The van der Waals surface area contributed by atoms with Gasteiger partial charge < -0.3 is 15.0 Å². The van der Waals surface area contributed by atoms with Crippen molar-refractivity contribution in [3.63, 3.8) is 0 Å². The lowest BCUT2D eigenvalue weighted by atomic mass is 9.98. The zero-order valence-corrected chi connectivity index (χ0v) is 14.0. The third kappa shape index (κ3) is 3.34. The number of para-hydroxylation sites is 1. The summed E-state index contributed by atoms with van der Waals surface area (Å²) < 4.78 is 5.54. The molecule has 0 radical (unpaired) electrons. The normalized spacial score (nSPS) is 26.8. The van der Waals surface area contributed by atoms with Crippen LogP contribution in [-0.2, 0) is 4.79 Å². The molecule has 2 aliphatic rings. The van der Waals surface area contributed by atoms with Crippen molar-refractivity contribution >= 4 is 29.1 Å². The SMILES string of the molecule is CN(C(=O)COc1c(Cl)cccc1Cl)C1CC2CCC(C1)N2. The number of rotatable bonds is 4. The number of likely N-dealkylation sites (N-methyl/N-ethyl adjacent to an activating group) is 1. The highest BCUT2D eigenvalue weighted by molar-refractivity contribution is 6.37. The Hall–Kier alpha value is -0.970. The van der Waals surface area contributed by atoms with Gasteiger partial charge >= 0.3 is 0 Å². The molecule has 2 atom stereocenters. The van der Waals surface area contributed by atoms with E-state index in [1.54, 1.807) is 18.2 Å². The quantitative estimate of drug-likeness (QED) is 0.913. The van der Waals surface area contributed by atoms with Crippen LogP contribution in [-0.4, -0.2) is 42.6 Å². The fourth-order valence-electron chi connectivity index (χ4n) is 3.40. The Morgan fingerprint density at radius 1 is 1.27 bits per heavy atom. The van der Waals surface area contributed by atoms with E-state index in [-0.39, 0.29) is 18.6 Å². The van der Waals surface area contributed by atoms with Crippen LogP contribution in [0.4, 0.5) is 0 Å². The van der Waals surface area contributed by atoms with Gasteiger partial charge in [-0.05, 0) is 37.8 Å². The Balaban J connectivity index is 1.57. The van der Waals surface area contributed by atoms with Gasteiger partial charge in [0.2, 0.25) is 0 Å². The zero-order chi connectivity index (χ0) is 15.7. The number of halogens is 2. The molecule has 1 aromatic rings. The van der Waals surface area contributed by atoms with Crippen molar-refractivity contribution in [1.29, 1.82) is 0 Å². The summed E-state index contributed by atoms with van der Waals surface area (Å²) in [6.45, 7) is -0.0424. The van der Waals surface area contributed by atoms with Crippen LogP contribution in [0, 0.1) is 0 Å². The number of carbonyl (C=O) groups excluding carboxylic acids is 1. The molecule has 2 aliphatic heterocycles. The number of amides is 1. The van der Waals surface area contributed by atoms with E-state index in [4.69, 9.17) is 27.9 Å². The molecular weight excluding hydrogens is 323 g/mol. The van der Waals surface area contributed by atoms with Crippen molar-refractivity contribution in [2.24, 2.45) is 0 Å². The van der Waals surface area contributed by atoms with E-state index in [1.165, 1.54) is 12.8 Å². The maximum Gasteiger partial charge on any atom is 0.260 e. The monoisotopic (exact) mass is 342 g/mol. The fraction of sp³-hybridized carbons (Fsp3) is 0.562. The van der Waals surface area contributed by atoms with E-state index in [2.05, 4.69) is 5.32 Å². The van der Waals surface area contributed by atoms with E-state index >= 15 is 0 Å². The maximum atomic E-state index is 12.4. The second-order valence-corrected chi connectivity index (χ2v) is 6.92. The second kappa shape index (κ2) is 6.65. The molecule has 0 spiro atoms. The summed E-state index contributed by atoms with van der Waals surface area (Å²) in [5.74, 6) is 0.334. The highest BCUT2D eigenvalue weighted by Crippen LogP contribution is 2.33. The van der Waals surface area contributed by atoms with Crippen molar-refractivity contribution in [2.75, 3.05) is 13.7 Å². The molecule has 0 saturated carbocycles. The van der Waals surface area contributed by atoms with Crippen molar-refractivity contribution in [3.05, 3.63) is 28.2 Å². The fourth-order valence-corrected chi connectivity index (χ4v) is 3.91. The van der Waals surface area contributed by atoms with Gasteiger partial charge in [-0.25, -0.2) is 0 Å². The van der Waals surface area contributed by atoms with Gasteiger partial charge in [0.15, 0.2) is 12.4 Å². The molecule has 2 fully saturated rings. The molecule has 1 N–H and O–H groups in total. The standard InChI is InChI=1S/C16H20Cl2N2O2/c1-20(12-7-10-5-6-11(8-12)19-10)15(21)9-22-16-13(17)3-2-4-14(16)18/h2-4,10-12,19H,5-9H2,1H3.